The molecule has 3 aromatic carbocycles. The maximum atomic E-state index is 4.36. The van der Waals surface area contributed by atoms with Crippen molar-refractivity contribution in [3.8, 4) is 0 Å². The normalized spacial score (nSPS) is 11.6. The van der Waals surface area contributed by atoms with Crippen LogP contribution < -0.4 is 4.48 Å². The Hall–Kier alpha value is -3.04. The predicted molar refractivity (Wildman–Crippen MR) is 120 cm³/mol. The molecular formula is C25H28N3+. The van der Waals surface area contributed by atoms with Crippen LogP contribution in [0.3, 0.4) is 0 Å². The number of hydrogen-bond donors (Lipinski definition) is 0. The van der Waals surface area contributed by atoms with Crippen molar-refractivity contribution in [2.75, 3.05) is 13.1 Å². The first-order valence-corrected chi connectivity index (χ1v) is 9.84. The third-order valence-corrected chi connectivity index (χ3v) is 5.35. The monoisotopic (exact) mass is 370 g/mol. The molecule has 3 aromatic rings. The molecule has 0 heterocycles. The van der Waals surface area contributed by atoms with Crippen molar-refractivity contribution < 1.29 is 0 Å². The van der Waals surface area contributed by atoms with Crippen LogP contribution in [0.5, 0.6) is 0 Å². The summed E-state index contributed by atoms with van der Waals surface area (Å²) >= 11 is 0. The SMILES string of the molecule is C=Cc1ccc(C[N+](CC)(CC)c2ccc(N=Nc3ccccc3)cc2)cc1. The van der Waals surface area contributed by atoms with E-state index in [1.807, 2.05) is 36.4 Å². The van der Waals surface area contributed by atoms with Crippen molar-refractivity contribution in [3.63, 3.8) is 0 Å². The minimum Gasteiger partial charge on any atom is -0.288 e. The van der Waals surface area contributed by atoms with Crippen LogP contribution >= 0.6 is 0 Å². The quantitative estimate of drug-likeness (QED) is 0.294. The van der Waals surface area contributed by atoms with E-state index in [4.69, 9.17) is 0 Å². The fraction of sp³-hybridized carbons (Fsp3) is 0.200. The Morgan fingerprint density at radius 1 is 0.750 bits per heavy atom. The molecule has 0 aliphatic carbocycles. The average Bonchev–Trinajstić information content (AvgIpc) is 2.78. The highest BCUT2D eigenvalue weighted by atomic mass is 15.3. The molecule has 3 heteroatoms. The standard InChI is InChI=1S/C25H28N3/c1-4-21-12-14-22(15-13-21)20-28(5-2,6-3)25-18-16-24(17-19-25)27-26-23-10-8-7-9-11-23/h4,7-19H,1,5-6,20H2,2-3H3/q+1. The largest absolute Gasteiger partial charge is 0.288 e. The number of quaternary nitrogens is 1. The van der Waals surface area contributed by atoms with Crippen molar-refractivity contribution >= 4 is 23.1 Å². The van der Waals surface area contributed by atoms with Crippen molar-refractivity contribution in [3.05, 3.63) is 96.6 Å². The van der Waals surface area contributed by atoms with Crippen molar-refractivity contribution in [2.24, 2.45) is 10.2 Å². The van der Waals surface area contributed by atoms with Crippen molar-refractivity contribution in [1.82, 2.24) is 4.48 Å². The van der Waals surface area contributed by atoms with Gasteiger partial charge in [0.25, 0.3) is 0 Å². The van der Waals surface area contributed by atoms with E-state index in [2.05, 4.69) is 79.2 Å². The summed E-state index contributed by atoms with van der Waals surface area (Å²) in [6.45, 7) is 11.4. The predicted octanol–water partition coefficient (Wildman–Crippen LogP) is 7.29. The highest BCUT2D eigenvalue weighted by molar-refractivity contribution is 5.52. The van der Waals surface area contributed by atoms with Crippen molar-refractivity contribution in [2.45, 2.75) is 20.4 Å². The zero-order valence-electron chi connectivity index (χ0n) is 16.8. The van der Waals surface area contributed by atoms with Crippen LogP contribution in [-0.2, 0) is 6.54 Å². The molecule has 0 spiro atoms. The average molecular weight is 371 g/mol. The fourth-order valence-corrected chi connectivity index (χ4v) is 3.46. The summed E-state index contributed by atoms with van der Waals surface area (Å²) < 4.78 is 0.906. The second-order valence-corrected chi connectivity index (χ2v) is 6.93. The number of rotatable bonds is 8. The van der Waals surface area contributed by atoms with Crippen molar-refractivity contribution in [1.29, 1.82) is 0 Å². The molecular weight excluding hydrogens is 342 g/mol. The third kappa shape index (κ3) is 4.62. The maximum Gasteiger partial charge on any atom is 0.133 e. The number of azo groups is 1. The molecule has 0 saturated carbocycles. The molecule has 0 amide bonds. The van der Waals surface area contributed by atoms with E-state index >= 15 is 0 Å². The van der Waals surface area contributed by atoms with E-state index in [9.17, 15) is 0 Å². The van der Waals surface area contributed by atoms with E-state index in [0.29, 0.717) is 0 Å². The summed E-state index contributed by atoms with van der Waals surface area (Å²) in [6, 6.07) is 27.0. The van der Waals surface area contributed by atoms with Crippen LogP contribution in [0.2, 0.25) is 0 Å². The van der Waals surface area contributed by atoms with Crippen LogP contribution in [0.25, 0.3) is 6.08 Å². The number of hydrogen-bond acceptors (Lipinski definition) is 2. The van der Waals surface area contributed by atoms with E-state index in [1.54, 1.807) is 0 Å². The molecule has 0 atom stereocenters. The smallest absolute Gasteiger partial charge is 0.133 e. The summed E-state index contributed by atoms with van der Waals surface area (Å²) in [4.78, 5) is 0. The lowest BCUT2D eigenvalue weighted by Crippen LogP contribution is -2.48. The lowest BCUT2D eigenvalue weighted by Gasteiger charge is -2.36. The van der Waals surface area contributed by atoms with E-state index in [-0.39, 0.29) is 0 Å². The first-order chi connectivity index (χ1) is 13.7. The molecule has 3 nitrogen and oxygen atoms in total. The Balaban J connectivity index is 1.80. The van der Waals surface area contributed by atoms with Gasteiger partial charge in [-0.2, -0.15) is 10.2 Å². The molecule has 0 N–H and O–H groups in total. The zero-order chi connectivity index (χ0) is 19.8. The van der Waals surface area contributed by atoms with E-state index < -0.39 is 0 Å². The zero-order valence-corrected chi connectivity index (χ0v) is 16.8. The molecule has 0 unspecified atom stereocenters. The fourth-order valence-electron chi connectivity index (χ4n) is 3.46. The molecule has 0 aliphatic rings. The Morgan fingerprint density at radius 2 is 1.32 bits per heavy atom. The van der Waals surface area contributed by atoms with Gasteiger partial charge in [0.15, 0.2) is 0 Å². The topological polar surface area (TPSA) is 24.7 Å². The second kappa shape index (κ2) is 9.25. The molecule has 0 saturated heterocycles. The maximum absolute atomic E-state index is 4.36. The molecule has 28 heavy (non-hydrogen) atoms. The summed E-state index contributed by atoms with van der Waals surface area (Å²) in [5, 5.41) is 8.67. The lowest BCUT2D eigenvalue weighted by atomic mass is 10.1. The second-order valence-electron chi connectivity index (χ2n) is 6.93. The van der Waals surface area contributed by atoms with E-state index in [1.165, 1.54) is 11.3 Å². The minimum absolute atomic E-state index is 0.863. The van der Waals surface area contributed by atoms with Crippen LogP contribution in [-0.4, -0.2) is 13.1 Å². The van der Waals surface area contributed by atoms with Gasteiger partial charge >= 0.3 is 0 Å². The first-order valence-electron chi connectivity index (χ1n) is 9.84. The van der Waals surface area contributed by atoms with Gasteiger partial charge in [-0.3, -0.25) is 4.48 Å². The van der Waals surface area contributed by atoms with Gasteiger partial charge < -0.3 is 0 Å². The molecule has 0 aliphatic heterocycles. The van der Waals surface area contributed by atoms with Crippen LogP contribution in [0.4, 0.5) is 17.1 Å². The lowest BCUT2D eigenvalue weighted by molar-refractivity contribution is 0.292. The molecule has 0 aromatic heterocycles. The van der Waals surface area contributed by atoms with Gasteiger partial charge in [0.05, 0.1) is 24.5 Å². The van der Waals surface area contributed by atoms with Crippen LogP contribution in [0.1, 0.15) is 25.0 Å². The number of benzene rings is 3. The Morgan fingerprint density at radius 3 is 1.86 bits per heavy atom. The Bertz CT molecular complexity index is 906. The molecule has 0 bridgehead atoms. The summed E-state index contributed by atoms with van der Waals surface area (Å²) in [7, 11) is 0. The van der Waals surface area contributed by atoms with Crippen LogP contribution in [0, 0.1) is 0 Å². The highest BCUT2D eigenvalue weighted by Crippen LogP contribution is 2.29. The van der Waals surface area contributed by atoms with E-state index in [0.717, 1.165) is 41.1 Å². The van der Waals surface area contributed by atoms with Gasteiger partial charge in [-0.1, -0.05) is 55.1 Å². The van der Waals surface area contributed by atoms with Gasteiger partial charge in [-0.15, -0.1) is 0 Å². The molecule has 3 rings (SSSR count). The number of nitrogens with zero attached hydrogens (tertiary/aromatic N) is 3. The first kappa shape index (κ1) is 19.7. The summed E-state index contributed by atoms with van der Waals surface area (Å²) in [5.74, 6) is 0. The third-order valence-electron chi connectivity index (χ3n) is 5.35. The summed E-state index contributed by atoms with van der Waals surface area (Å²) in [6.07, 6.45) is 1.88. The van der Waals surface area contributed by atoms with Gasteiger partial charge in [-0.05, 0) is 43.7 Å². The van der Waals surface area contributed by atoms with Gasteiger partial charge in [-0.25, -0.2) is 0 Å². The van der Waals surface area contributed by atoms with Gasteiger partial charge in [0, 0.05) is 17.7 Å². The minimum atomic E-state index is 0.863. The Kier molecular flexibility index (Phi) is 6.51. The van der Waals surface area contributed by atoms with Crippen LogP contribution in [0.15, 0.2) is 95.7 Å². The molecule has 0 radical (unpaired) electrons. The summed E-state index contributed by atoms with van der Waals surface area (Å²) in [5.41, 5.74) is 5.52. The van der Waals surface area contributed by atoms with Gasteiger partial charge in [0.1, 0.15) is 12.2 Å². The molecule has 142 valence electrons. The Labute approximate surface area is 168 Å². The molecule has 0 fully saturated rings. The highest BCUT2D eigenvalue weighted by Gasteiger charge is 2.26. The van der Waals surface area contributed by atoms with Gasteiger partial charge in [0.2, 0.25) is 0 Å².